The summed E-state index contributed by atoms with van der Waals surface area (Å²) in [6.45, 7) is -2.53. The van der Waals surface area contributed by atoms with Gasteiger partial charge >= 0.3 is 6.61 Å². The number of carbonyl (C=O) groups is 1. The van der Waals surface area contributed by atoms with E-state index in [1.807, 2.05) is 11.4 Å². The SMILES string of the molecule is CN1CC[C@@](O)(c2cccc(-c3nc(-c4ccnc(Nc5cccnc5OC(F)F)n4)cs3)c2)C1=O. The van der Waals surface area contributed by atoms with Gasteiger partial charge in [0.2, 0.25) is 11.8 Å². The van der Waals surface area contributed by atoms with Crippen LogP contribution in [0.5, 0.6) is 5.88 Å². The topological polar surface area (TPSA) is 113 Å². The van der Waals surface area contributed by atoms with Crippen LogP contribution in [0.25, 0.3) is 22.0 Å². The van der Waals surface area contributed by atoms with Gasteiger partial charge in [-0.1, -0.05) is 18.2 Å². The standard InChI is InChI=1S/C24H20F2N6O3S/c1-32-11-8-24(34,21(32)33)15-5-2-4-14(12-15)20-29-18(13-36-20)16-7-10-28-23(30-16)31-17-6-3-9-27-19(17)35-22(25)26/h2-7,9-10,12-13,22,34H,8,11H2,1H3,(H,28,30,31)/t24-/m1/s1. The number of aliphatic hydroxyl groups is 1. The Labute approximate surface area is 208 Å². The van der Waals surface area contributed by atoms with Crippen LogP contribution in [-0.2, 0) is 10.4 Å². The van der Waals surface area contributed by atoms with Crippen LogP contribution in [0.4, 0.5) is 20.4 Å². The number of halogens is 2. The number of hydrogen-bond acceptors (Lipinski definition) is 9. The first-order valence-electron chi connectivity index (χ1n) is 10.9. The summed E-state index contributed by atoms with van der Waals surface area (Å²) >= 11 is 1.39. The van der Waals surface area contributed by atoms with E-state index in [1.54, 1.807) is 37.4 Å². The molecule has 1 fully saturated rings. The molecule has 1 aliphatic heterocycles. The fraction of sp³-hybridized carbons (Fsp3) is 0.208. The van der Waals surface area contributed by atoms with Crippen LogP contribution in [0.3, 0.4) is 0 Å². The number of pyridine rings is 1. The van der Waals surface area contributed by atoms with Gasteiger partial charge in [0.05, 0.1) is 5.69 Å². The van der Waals surface area contributed by atoms with E-state index in [-0.39, 0.29) is 23.4 Å². The number of likely N-dealkylation sites (tertiary alicyclic amines) is 1. The van der Waals surface area contributed by atoms with Gasteiger partial charge in [-0.3, -0.25) is 4.79 Å². The Morgan fingerprint density at radius 2 is 2.00 bits per heavy atom. The van der Waals surface area contributed by atoms with Crippen molar-refractivity contribution in [1.29, 1.82) is 0 Å². The van der Waals surface area contributed by atoms with Crippen LogP contribution in [0.1, 0.15) is 12.0 Å². The van der Waals surface area contributed by atoms with Crippen molar-refractivity contribution in [2.45, 2.75) is 18.6 Å². The quantitative estimate of drug-likeness (QED) is 0.383. The molecule has 0 saturated carbocycles. The van der Waals surface area contributed by atoms with E-state index >= 15 is 0 Å². The Kier molecular flexibility index (Phi) is 6.29. The Bertz CT molecular complexity index is 1420. The van der Waals surface area contributed by atoms with E-state index < -0.39 is 12.2 Å². The maximum atomic E-state index is 12.7. The lowest BCUT2D eigenvalue weighted by atomic mass is 9.91. The molecule has 1 saturated heterocycles. The van der Waals surface area contributed by atoms with Crippen LogP contribution in [0.2, 0.25) is 0 Å². The van der Waals surface area contributed by atoms with E-state index in [9.17, 15) is 18.7 Å². The number of nitrogens with one attached hydrogen (secondary N) is 1. The normalized spacial score (nSPS) is 17.6. The molecule has 9 nitrogen and oxygen atoms in total. The van der Waals surface area contributed by atoms with Crippen molar-refractivity contribution in [3.63, 3.8) is 0 Å². The van der Waals surface area contributed by atoms with Crippen molar-refractivity contribution < 1.29 is 23.4 Å². The summed E-state index contributed by atoms with van der Waals surface area (Å²) < 4.78 is 29.8. The Balaban J connectivity index is 1.39. The van der Waals surface area contributed by atoms with Gasteiger partial charge in [0.15, 0.2) is 5.60 Å². The van der Waals surface area contributed by atoms with Crippen molar-refractivity contribution in [3.8, 4) is 27.8 Å². The van der Waals surface area contributed by atoms with Crippen molar-refractivity contribution in [1.82, 2.24) is 24.8 Å². The molecule has 1 aliphatic rings. The number of benzene rings is 1. The van der Waals surface area contributed by atoms with Crippen molar-refractivity contribution in [2.24, 2.45) is 0 Å². The molecule has 4 aromatic rings. The predicted molar refractivity (Wildman–Crippen MR) is 129 cm³/mol. The second-order valence-corrected chi connectivity index (χ2v) is 8.94. The van der Waals surface area contributed by atoms with E-state index in [1.165, 1.54) is 34.7 Å². The van der Waals surface area contributed by atoms with Crippen LogP contribution >= 0.6 is 11.3 Å². The summed E-state index contributed by atoms with van der Waals surface area (Å²) in [6.07, 6.45) is 3.18. The van der Waals surface area contributed by atoms with E-state index in [2.05, 4.69) is 30.0 Å². The highest BCUT2D eigenvalue weighted by atomic mass is 32.1. The fourth-order valence-electron chi connectivity index (χ4n) is 3.90. The van der Waals surface area contributed by atoms with Crippen LogP contribution in [0.15, 0.2) is 60.2 Å². The number of amides is 1. The van der Waals surface area contributed by atoms with Gasteiger partial charge in [0, 0.05) is 43.4 Å². The van der Waals surface area contributed by atoms with E-state index in [0.717, 1.165) is 5.56 Å². The van der Waals surface area contributed by atoms with Gasteiger partial charge in [-0.25, -0.2) is 19.9 Å². The van der Waals surface area contributed by atoms with Crippen LogP contribution < -0.4 is 10.1 Å². The number of thiazole rings is 1. The van der Waals surface area contributed by atoms with Crippen molar-refractivity contribution in [2.75, 3.05) is 18.9 Å². The first-order chi connectivity index (χ1) is 17.3. The van der Waals surface area contributed by atoms with E-state index in [4.69, 9.17) is 0 Å². The average Bonchev–Trinajstić information content (AvgIpc) is 3.47. The third-order valence-corrected chi connectivity index (χ3v) is 6.63. The summed E-state index contributed by atoms with van der Waals surface area (Å²) in [5, 5.41) is 16.3. The molecule has 4 heterocycles. The fourth-order valence-corrected chi connectivity index (χ4v) is 4.71. The van der Waals surface area contributed by atoms with Gasteiger partial charge in [-0.2, -0.15) is 8.78 Å². The monoisotopic (exact) mass is 510 g/mol. The summed E-state index contributed by atoms with van der Waals surface area (Å²) in [5.74, 6) is -0.440. The minimum atomic E-state index is -3.02. The minimum Gasteiger partial charge on any atom is -0.415 e. The van der Waals surface area contributed by atoms with Gasteiger partial charge in [-0.05, 0) is 29.8 Å². The number of alkyl halides is 2. The summed E-state index contributed by atoms with van der Waals surface area (Å²) in [5.41, 5.74) is 1.02. The molecule has 0 aliphatic carbocycles. The minimum absolute atomic E-state index is 0.155. The lowest BCUT2D eigenvalue weighted by molar-refractivity contribution is -0.143. The highest BCUT2D eigenvalue weighted by molar-refractivity contribution is 7.13. The van der Waals surface area contributed by atoms with Crippen molar-refractivity contribution >= 4 is 28.9 Å². The number of ether oxygens (including phenoxy) is 1. The van der Waals surface area contributed by atoms with Gasteiger partial charge in [0.1, 0.15) is 16.4 Å². The zero-order chi connectivity index (χ0) is 25.3. The van der Waals surface area contributed by atoms with Gasteiger partial charge < -0.3 is 20.1 Å². The average molecular weight is 511 g/mol. The Morgan fingerprint density at radius 1 is 1.14 bits per heavy atom. The highest BCUT2D eigenvalue weighted by Crippen LogP contribution is 2.36. The number of nitrogens with zero attached hydrogens (tertiary/aromatic N) is 5. The Morgan fingerprint density at radius 3 is 2.78 bits per heavy atom. The van der Waals surface area contributed by atoms with Crippen molar-refractivity contribution in [3.05, 3.63) is 65.8 Å². The molecule has 184 valence electrons. The largest absolute Gasteiger partial charge is 0.415 e. The second kappa shape index (κ2) is 9.55. The molecule has 0 bridgehead atoms. The third-order valence-electron chi connectivity index (χ3n) is 5.74. The molecular weight excluding hydrogens is 490 g/mol. The number of hydrogen-bond donors (Lipinski definition) is 2. The highest BCUT2D eigenvalue weighted by Gasteiger charge is 2.45. The molecule has 12 heteroatoms. The van der Waals surface area contributed by atoms with Crippen LogP contribution in [0, 0.1) is 0 Å². The van der Waals surface area contributed by atoms with E-state index in [0.29, 0.717) is 34.9 Å². The molecule has 36 heavy (non-hydrogen) atoms. The molecular formula is C24H20F2N6O3S. The molecule has 0 spiro atoms. The lowest BCUT2D eigenvalue weighted by Crippen LogP contribution is -2.36. The molecule has 1 amide bonds. The predicted octanol–water partition coefficient (Wildman–Crippen LogP) is 4.06. The molecule has 5 rings (SSSR count). The Hall–Kier alpha value is -4.03. The van der Waals surface area contributed by atoms with Crippen LogP contribution in [-0.4, -0.2) is 56.1 Å². The molecule has 1 aromatic carbocycles. The van der Waals surface area contributed by atoms with Gasteiger partial charge in [0.25, 0.3) is 5.91 Å². The summed E-state index contributed by atoms with van der Waals surface area (Å²) in [7, 11) is 1.67. The molecule has 0 radical (unpaired) electrons. The summed E-state index contributed by atoms with van der Waals surface area (Å²) in [6, 6.07) is 11.9. The molecule has 1 atom stereocenters. The first-order valence-corrected chi connectivity index (χ1v) is 11.8. The second-order valence-electron chi connectivity index (χ2n) is 8.08. The zero-order valence-electron chi connectivity index (χ0n) is 18.9. The molecule has 3 aromatic heterocycles. The summed E-state index contributed by atoms with van der Waals surface area (Å²) in [4.78, 5) is 31.1. The first kappa shape index (κ1) is 23.7. The molecule has 2 N–H and O–H groups in total. The third kappa shape index (κ3) is 4.60. The van der Waals surface area contributed by atoms with Gasteiger partial charge in [-0.15, -0.1) is 11.3 Å². The lowest BCUT2D eigenvalue weighted by Gasteiger charge is -2.21. The molecule has 0 unspecified atom stereocenters. The number of aromatic nitrogens is 4. The zero-order valence-corrected chi connectivity index (χ0v) is 19.7. The number of rotatable bonds is 7. The number of anilines is 2. The maximum Gasteiger partial charge on any atom is 0.388 e. The maximum absolute atomic E-state index is 12.7. The number of likely N-dealkylation sites (N-methyl/N-ethyl adjacent to an activating group) is 1. The smallest absolute Gasteiger partial charge is 0.388 e. The number of carbonyl (C=O) groups excluding carboxylic acids is 1.